The molecular weight excluding hydrogens is 748 g/mol. The first kappa shape index (κ1) is 46.4. The fourth-order valence-electron chi connectivity index (χ4n) is 8.11. The Morgan fingerprint density at radius 3 is 1.27 bits per heavy atom. The van der Waals surface area contributed by atoms with E-state index in [1.165, 1.54) is 0 Å². The van der Waals surface area contributed by atoms with Crippen LogP contribution < -0.4 is 13.6 Å². The number of rotatable bonds is 4. The lowest BCUT2D eigenvalue weighted by molar-refractivity contribution is 0.285. The molecule has 5 rings (SSSR count). The first-order valence-corrected chi connectivity index (χ1v) is 23.0. The van der Waals surface area contributed by atoms with Crippen LogP contribution in [0.5, 0.6) is 23.0 Å². The molecule has 0 saturated carbocycles. The van der Waals surface area contributed by atoms with E-state index in [4.69, 9.17) is 13.6 Å². The summed E-state index contributed by atoms with van der Waals surface area (Å²) in [4.78, 5) is 0. The molecule has 1 atom stereocenters. The second kappa shape index (κ2) is 15.0. The van der Waals surface area contributed by atoms with E-state index in [0.29, 0.717) is 23.7 Å². The zero-order valence-corrected chi connectivity index (χ0v) is 41.3. The first-order valence-electron chi connectivity index (χ1n) is 21.5. The lowest BCUT2D eigenvalue weighted by Crippen LogP contribution is -2.23. The molecule has 0 saturated heterocycles. The maximum Gasteiger partial charge on any atom is 0.647 e. The molecule has 0 bridgehead atoms. The van der Waals surface area contributed by atoms with E-state index >= 15 is 4.57 Å². The van der Waals surface area contributed by atoms with Gasteiger partial charge in [0.25, 0.3) is 0 Å². The van der Waals surface area contributed by atoms with Gasteiger partial charge < -0.3 is 18.7 Å². The third kappa shape index (κ3) is 9.77. The van der Waals surface area contributed by atoms with Gasteiger partial charge in [-0.3, -0.25) is 0 Å². The van der Waals surface area contributed by atoms with Gasteiger partial charge in [-0.1, -0.05) is 191 Å². The second-order valence-corrected chi connectivity index (χ2v) is 25.1. The standard InChI is InChI=1S/C53H75O5P/c1-31-22-34-26-35-23-32(2)25-42(52(16,17)18)46(35)57-59(55,56-45(34)41(24-31)51(13,14)15)58-47-39(28-37(49(7,8)9)30-43(47)53(19,20)21)33(3)38-27-36(48(4,5)6)29-40(44(38)54)50(10,11)12/h22-25,27-30,33,54H,26H2,1-21H3. The number of phosphoric ester groups is 1. The average molecular weight is 823 g/mol. The molecule has 1 aliphatic rings. The van der Waals surface area contributed by atoms with Crippen molar-refractivity contribution in [3.05, 3.63) is 115 Å². The number of benzene rings is 4. The molecule has 4 aromatic carbocycles. The molecule has 0 aromatic heterocycles. The Labute approximate surface area is 358 Å². The fourth-order valence-corrected chi connectivity index (χ4v) is 9.53. The highest BCUT2D eigenvalue weighted by Gasteiger charge is 2.43. The van der Waals surface area contributed by atoms with Gasteiger partial charge in [-0.2, -0.15) is 4.57 Å². The van der Waals surface area contributed by atoms with Gasteiger partial charge in [0.1, 0.15) is 23.0 Å². The summed E-state index contributed by atoms with van der Waals surface area (Å²) in [6.07, 6.45) is 0.551. The number of hydrogen-bond donors (Lipinski definition) is 1. The number of fused-ring (bicyclic) bond motifs is 2. The maximum atomic E-state index is 16.2. The molecule has 5 nitrogen and oxygen atoms in total. The van der Waals surface area contributed by atoms with E-state index < -0.39 is 13.2 Å². The van der Waals surface area contributed by atoms with Crippen molar-refractivity contribution in [2.75, 3.05) is 0 Å². The van der Waals surface area contributed by atoms with Crippen LogP contribution in [0, 0.1) is 13.8 Å². The molecule has 0 amide bonds. The highest BCUT2D eigenvalue weighted by atomic mass is 31.2. The van der Waals surface area contributed by atoms with Gasteiger partial charge in [-0.15, -0.1) is 0 Å². The Kier molecular flexibility index (Phi) is 11.8. The van der Waals surface area contributed by atoms with Crippen LogP contribution in [0.2, 0.25) is 0 Å². The molecule has 0 radical (unpaired) electrons. The highest BCUT2D eigenvalue weighted by molar-refractivity contribution is 7.49. The van der Waals surface area contributed by atoms with Crippen LogP contribution in [0.1, 0.15) is 204 Å². The summed E-state index contributed by atoms with van der Waals surface area (Å²) < 4.78 is 37.2. The van der Waals surface area contributed by atoms with Crippen LogP contribution in [0.4, 0.5) is 0 Å². The monoisotopic (exact) mass is 823 g/mol. The second-order valence-electron chi connectivity index (χ2n) is 23.6. The van der Waals surface area contributed by atoms with Crippen LogP contribution in [0.3, 0.4) is 0 Å². The van der Waals surface area contributed by atoms with Crippen LogP contribution in [0.25, 0.3) is 0 Å². The Morgan fingerprint density at radius 1 is 0.525 bits per heavy atom. The topological polar surface area (TPSA) is 65.0 Å². The molecule has 59 heavy (non-hydrogen) atoms. The molecule has 0 aliphatic carbocycles. The van der Waals surface area contributed by atoms with Crippen molar-refractivity contribution in [3.63, 3.8) is 0 Å². The SMILES string of the molecule is Cc1cc2c(c(C(C)(C)C)c1)OP(=O)(Oc1c(C(C)c3cc(C(C)(C)C)cc(C(C)(C)C)c3O)cc(C(C)(C)C)cc1C(C)(C)C)Oc1c(cc(C)cc1C(C)(C)C)C2. The minimum atomic E-state index is -4.55. The van der Waals surface area contributed by atoms with Crippen molar-refractivity contribution in [3.8, 4) is 23.0 Å². The van der Waals surface area contributed by atoms with Crippen LogP contribution in [-0.2, 0) is 43.5 Å². The summed E-state index contributed by atoms with van der Waals surface area (Å²) in [7, 11) is -4.55. The van der Waals surface area contributed by atoms with Gasteiger partial charge in [-0.05, 0) is 74.2 Å². The van der Waals surface area contributed by atoms with E-state index in [2.05, 4.69) is 194 Å². The van der Waals surface area contributed by atoms with Crippen LogP contribution in [0.15, 0.2) is 48.5 Å². The summed E-state index contributed by atoms with van der Waals surface area (Å²) in [5.41, 5.74) is 9.78. The van der Waals surface area contributed by atoms with Crippen molar-refractivity contribution in [2.45, 2.75) is 190 Å². The van der Waals surface area contributed by atoms with E-state index in [1.54, 1.807) is 0 Å². The molecule has 1 aliphatic heterocycles. The van der Waals surface area contributed by atoms with Crippen LogP contribution >= 0.6 is 7.82 Å². The summed E-state index contributed by atoms with van der Waals surface area (Å²) in [6, 6.07) is 17.2. The Hall–Kier alpha value is -3.69. The average Bonchev–Trinajstić information content (AvgIpc) is 3.03. The predicted molar refractivity (Wildman–Crippen MR) is 249 cm³/mol. The summed E-state index contributed by atoms with van der Waals surface area (Å²) in [6.45, 7) is 45.4. The lowest BCUT2D eigenvalue weighted by atomic mass is 9.74. The third-order valence-electron chi connectivity index (χ3n) is 11.8. The molecule has 0 fully saturated rings. The summed E-state index contributed by atoms with van der Waals surface area (Å²) in [5, 5.41) is 12.3. The zero-order chi connectivity index (χ0) is 44.8. The van der Waals surface area contributed by atoms with E-state index in [1.807, 2.05) is 0 Å². The molecule has 1 heterocycles. The molecule has 1 unspecified atom stereocenters. The zero-order valence-electron chi connectivity index (χ0n) is 40.4. The van der Waals surface area contributed by atoms with Crippen molar-refractivity contribution >= 4 is 7.82 Å². The molecule has 322 valence electrons. The van der Waals surface area contributed by atoms with Gasteiger partial charge in [0.15, 0.2) is 0 Å². The Balaban J connectivity index is 1.92. The van der Waals surface area contributed by atoms with Gasteiger partial charge >= 0.3 is 7.82 Å². The van der Waals surface area contributed by atoms with Crippen molar-refractivity contribution < 1.29 is 23.2 Å². The number of hydrogen-bond acceptors (Lipinski definition) is 5. The summed E-state index contributed by atoms with van der Waals surface area (Å²) >= 11 is 0. The molecule has 1 N–H and O–H groups in total. The van der Waals surface area contributed by atoms with Gasteiger partial charge in [0.05, 0.1) is 0 Å². The smallest absolute Gasteiger partial charge is 0.507 e. The fraction of sp³-hybridized carbons (Fsp3) is 0.547. The summed E-state index contributed by atoms with van der Waals surface area (Å²) in [5.74, 6) is 1.43. The van der Waals surface area contributed by atoms with Crippen molar-refractivity contribution in [1.82, 2.24) is 0 Å². The normalized spacial score (nSPS) is 15.6. The highest BCUT2D eigenvalue weighted by Crippen LogP contribution is 2.59. The number of phosphoric acid groups is 1. The third-order valence-corrected chi connectivity index (χ3v) is 13.0. The minimum Gasteiger partial charge on any atom is -0.507 e. The number of phenols is 1. The first-order chi connectivity index (χ1) is 26.5. The Morgan fingerprint density at radius 2 is 0.898 bits per heavy atom. The number of aromatic hydroxyl groups is 1. The molecular formula is C53H75O5P. The quantitative estimate of drug-likeness (QED) is 0.208. The van der Waals surface area contributed by atoms with Gasteiger partial charge in [0.2, 0.25) is 0 Å². The minimum absolute atomic E-state index is 0.177. The van der Waals surface area contributed by atoms with E-state index in [0.717, 1.165) is 66.8 Å². The molecule has 6 heteroatoms. The van der Waals surface area contributed by atoms with Crippen molar-refractivity contribution in [1.29, 1.82) is 0 Å². The lowest BCUT2D eigenvalue weighted by Gasteiger charge is -2.35. The molecule has 4 aromatic rings. The Bertz CT molecular complexity index is 2230. The number of phenolic OH excluding ortho intramolecular Hbond substituents is 1. The predicted octanol–water partition coefficient (Wildman–Crippen LogP) is 15.5. The largest absolute Gasteiger partial charge is 0.647 e. The van der Waals surface area contributed by atoms with Crippen molar-refractivity contribution in [2.24, 2.45) is 0 Å². The van der Waals surface area contributed by atoms with E-state index in [-0.39, 0.29) is 38.7 Å². The van der Waals surface area contributed by atoms with Crippen LogP contribution in [-0.4, -0.2) is 5.11 Å². The number of aryl methyl sites for hydroxylation is 2. The molecule has 0 spiro atoms. The van der Waals surface area contributed by atoms with Gasteiger partial charge in [-0.25, -0.2) is 0 Å². The van der Waals surface area contributed by atoms with E-state index in [9.17, 15) is 5.11 Å². The van der Waals surface area contributed by atoms with Gasteiger partial charge in [0, 0.05) is 40.2 Å². The maximum absolute atomic E-state index is 16.2.